The summed E-state index contributed by atoms with van der Waals surface area (Å²) in [5.41, 5.74) is 6.90. The van der Waals surface area contributed by atoms with Crippen molar-refractivity contribution >= 4 is 30.7 Å². The third-order valence-corrected chi connectivity index (χ3v) is 3.70. The molecular formula is C15H22Cl2F3N3O. The number of carbonyl (C=O) groups is 1. The quantitative estimate of drug-likeness (QED) is 0.860. The lowest BCUT2D eigenvalue weighted by molar-refractivity contribution is -0.152. The van der Waals surface area contributed by atoms with E-state index >= 15 is 0 Å². The molecule has 138 valence electrons. The zero-order valence-electron chi connectivity index (χ0n) is 13.0. The molecule has 0 aliphatic carbocycles. The van der Waals surface area contributed by atoms with Crippen molar-refractivity contribution in [1.82, 2.24) is 9.80 Å². The fraction of sp³-hybridized carbons (Fsp3) is 0.533. The number of carbonyl (C=O) groups excluding carboxylic acids is 1. The van der Waals surface area contributed by atoms with Crippen molar-refractivity contribution in [2.45, 2.75) is 18.6 Å². The van der Waals surface area contributed by atoms with Crippen LogP contribution in [0.1, 0.15) is 5.56 Å². The molecule has 1 aliphatic rings. The number of hydrogen-bond donors (Lipinski definition) is 1. The lowest BCUT2D eigenvalue weighted by atomic mass is 10.1. The average molecular weight is 388 g/mol. The van der Waals surface area contributed by atoms with Gasteiger partial charge in [-0.25, -0.2) is 0 Å². The summed E-state index contributed by atoms with van der Waals surface area (Å²) in [5.74, 6) is -0.199. The van der Waals surface area contributed by atoms with Crippen LogP contribution in [0.5, 0.6) is 0 Å². The van der Waals surface area contributed by atoms with E-state index in [-0.39, 0.29) is 56.9 Å². The molecular weight excluding hydrogens is 366 g/mol. The minimum Gasteiger partial charge on any atom is -0.339 e. The first-order valence-electron chi connectivity index (χ1n) is 7.22. The number of halogens is 5. The maximum Gasteiger partial charge on any atom is 0.401 e. The van der Waals surface area contributed by atoms with Crippen molar-refractivity contribution in [2.75, 3.05) is 32.7 Å². The van der Waals surface area contributed by atoms with Crippen molar-refractivity contribution in [3.8, 4) is 0 Å². The largest absolute Gasteiger partial charge is 0.401 e. The van der Waals surface area contributed by atoms with Crippen LogP contribution in [0, 0.1) is 0 Å². The van der Waals surface area contributed by atoms with E-state index < -0.39 is 18.8 Å². The number of nitrogens with zero attached hydrogens (tertiary/aromatic N) is 2. The molecule has 1 aromatic rings. The molecule has 1 heterocycles. The molecule has 1 amide bonds. The smallest absolute Gasteiger partial charge is 0.339 e. The zero-order chi connectivity index (χ0) is 16.2. The van der Waals surface area contributed by atoms with Gasteiger partial charge in [0.2, 0.25) is 5.91 Å². The summed E-state index contributed by atoms with van der Waals surface area (Å²) in [6.07, 6.45) is -3.77. The maximum absolute atomic E-state index is 12.3. The lowest BCUT2D eigenvalue weighted by Crippen LogP contribution is -2.54. The Hall–Kier alpha value is -1.02. The second-order valence-corrected chi connectivity index (χ2v) is 5.51. The molecule has 2 rings (SSSR count). The van der Waals surface area contributed by atoms with Crippen LogP contribution in [0.25, 0.3) is 0 Å². The minimum absolute atomic E-state index is 0. The maximum atomic E-state index is 12.3. The van der Waals surface area contributed by atoms with Crippen LogP contribution in [-0.4, -0.2) is 60.6 Å². The van der Waals surface area contributed by atoms with E-state index in [1.54, 1.807) is 4.90 Å². The SMILES string of the molecule is Cl.Cl.N[C@@H](Cc1ccccc1)C(=O)N1CCN(CC(F)(F)F)CC1. The molecule has 0 bridgehead atoms. The second kappa shape index (κ2) is 10.1. The number of alkyl halides is 3. The molecule has 9 heteroatoms. The van der Waals surface area contributed by atoms with Gasteiger partial charge in [0, 0.05) is 26.2 Å². The van der Waals surface area contributed by atoms with Gasteiger partial charge in [-0.2, -0.15) is 13.2 Å². The van der Waals surface area contributed by atoms with Gasteiger partial charge >= 0.3 is 6.18 Å². The molecule has 0 aromatic heterocycles. The standard InChI is InChI=1S/C15H20F3N3O.2ClH/c16-15(17,18)11-20-6-8-21(9-7-20)14(22)13(19)10-12-4-2-1-3-5-12;;/h1-5,13H,6-11,19H2;2*1H/t13-;;/m0../s1. The van der Waals surface area contributed by atoms with Gasteiger partial charge in [0.15, 0.2) is 0 Å². The highest BCUT2D eigenvalue weighted by atomic mass is 35.5. The van der Waals surface area contributed by atoms with Crippen LogP contribution in [0.4, 0.5) is 13.2 Å². The summed E-state index contributed by atoms with van der Waals surface area (Å²) in [6.45, 7) is 0.104. The summed E-state index contributed by atoms with van der Waals surface area (Å²) in [4.78, 5) is 15.1. The molecule has 1 fully saturated rings. The Morgan fingerprint density at radius 3 is 2.12 bits per heavy atom. The average Bonchev–Trinajstić information content (AvgIpc) is 2.46. The van der Waals surface area contributed by atoms with Crippen molar-refractivity contribution < 1.29 is 18.0 Å². The van der Waals surface area contributed by atoms with Gasteiger partial charge in [-0.15, -0.1) is 24.8 Å². The fourth-order valence-corrected chi connectivity index (χ4v) is 2.57. The minimum atomic E-state index is -4.20. The third-order valence-electron chi connectivity index (χ3n) is 3.70. The Morgan fingerprint density at radius 1 is 1.08 bits per heavy atom. The molecule has 1 saturated heterocycles. The summed E-state index contributed by atoms with van der Waals surface area (Å²) in [6, 6.07) is 8.78. The van der Waals surface area contributed by atoms with E-state index in [4.69, 9.17) is 5.73 Å². The van der Waals surface area contributed by atoms with Gasteiger partial charge in [-0.05, 0) is 12.0 Å². The summed E-state index contributed by atoms with van der Waals surface area (Å²) < 4.78 is 37.0. The highest BCUT2D eigenvalue weighted by Crippen LogP contribution is 2.17. The molecule has 0 saturated carbocycles. The number of hydrogen-bond acceptors (Lipinski definition) is 3. The first-order chi connectivity index (χ1) is 10.3. The van der Waals surface area contributed by atoms with Crippen LogP contribution in [0.2, 0.25) is 0 Å². The Bertz CT molecular complexity index is 494. The predicted molar refractivity (Wildman–Crippen MR) is 91.7 cm³/mol. The molecule has 1 atom stereocenters. The van der Waals surface area contributed by atoms with Crippen LogP contribution in [-0.2, 0) is 11.2 Å². The fourth-order valence-electron chi connectivity index (χ4n) is 2.57. The predicted octanol–water partition coefficient (Wildman–Crippen LogP) is 2.11. The monoisotopic (exact) mass is 387 g/mol. The summed E-state index contributed by atoms with van der Waals surface area (Å²) >= 11 is 0. The second-order valence-electron chi connectivity index (χ2n) is 5.51. The van der Waals surface area contributed by atoms with Gasteiger partial charge in [0.25, 0.3) is 0 Å². The number of piperazine rings is 1. The number of amides is 1. The summed E-state index contributed by atoms with van der Waals surface area (Å²) in [5, 5.41) is 0. The van der Waals surface area contributed by atoms with Crippen molar-refractivity contribution in [3.63, 3.8) is 0 Å². The Balaban J connectivity index is 0.00000264. The molecule has 4 nitrogen and oxygen atoms in total. The van der Waals surface area contributed by atoms with E-state index in [1.165, 1.54) is 4.90 Å². The van der Waals surface area contributed by atoms with E-state index in [0.717, 1.165) is 5.56 Å². The van der Waals surface area contributed by atoms with Crippen LogP contribution < -0.4 is 5.73 Å². The number of benzene rings is 1. The molecule has 2 N–H and O–H groups in total. The molecule has 0 unspecified atom stereocenters. The van der Waals surface area contributed by atoms with Crippen molar-refractivity contribution in [2.24, 2.45) is 5.73 Å². The van der Waals surface area contributed by atoms with Gasteiger partial charge in [-0.3, -0.25) is 9.69 Å². The van der Waals surface area contributed by atoms with Crippen LogP contribution in [0.15, 0.2) is 30.3 Å². The Morgan fingerprint density at radius 2 is 1.62 bits per heavy atom. The lowest BCUT2D eigenvalue weighted by Gasteiger charge is -2.36. The van der Waals surface area contributed by atoms with Gasteiger partial charge < -0.3 is 10.6 Å². The highest BCUT2D eigenvalue weighted by molar-refractivity contribution is 5.85. The van der Waals surface area contributed by atoms with E-state index in [2.05, 4.69) is 0 Å². The van der Waals surface area contributed by atoms with Gasteiger partial charge in [0.05, 0.1) is 12.6 Å². The molecule has 0 radical (unpaired) electrons. The Kier molecular flexibility index (Phi) is 9.65. The van der Waals surface area contributed by atoms with E-state index in [9.17, 15) is 18.0 Å². The molecule has 1 aliphatic heterocycles. The van der Waals surface area contributed by atoms with Crippen LogP contribution in [0.3, 0.4) is 0 Å². The van der Waals surface area contributed by atoms with E-state index in [1.807, 2.05) is 30.3 Å². The van der Waals surface area contributed by atoms with Gasteiger partial charge in [-0.1, -0.05) is 30.3 Å². The van der Waals surface area contributed by atoms with Crippen molar-refractivity contribution in [1.29, 1.82) is 0 Å². The molecule has 24 heavy (non-hydrogen) atoms. The van der Waals surface area contributed by atoms with E-state index in [0.29, 0.717) is 6.42 Å². The third kappa shape index (κ3) is 7.25. The van der Waals surface area contributed by atoms with Crippen LogP contribution >= 0.6 is 24.8 Å². The Labute approximate surface area is 152 Å². The number of nitrogens with two attached hydrogens (primary N) is 1. The van der Waals surface area contributed by atoms with Crippen molar-refractivity contribution in [3.05, 3.63) is 35.9 Å². The zero-order valence-corrected chi connectivity index (χ0v) is 14.7. The first kappa shape index (κ1) is 23.0. The van der Waals surface area contributed by atoms with Gasteiger partial charge in [0.1, 0.15) is 0 Å². The summed E-state index contributed by atoms with van der Waals surface area (Å²) in [7, 11) is 0. The molecule has 1 aromatic carbocycles. The first-order valence-corrected chi connectivity index (χ1v) is 7.22. The topological polar surface area (TPSA) is 49.6 Å². The molecule has 0 spiro atoms. The number of rotatable bonds is 4. The normalized spacial score (nSPS) is 16.8. The highest BCUT2D eigenvalue weighted by Gasteiger charge is 2.33.